The molecule has 0 aromatic carbocycles. The second-order valence-electron chi connectivity index (χ2n) is 2.23. The molecule has 1 N–H and O–H groups in total. The fourth-order valence-corrected chi connectivity index (χ4v) is 0.787. The molecule has 0 fully saturated rings. The Bertz CT molecular complexity index is 254. The smallest absolute Gasteiger partial charge is 0.271 e. The van der Waals surface area contributed by atoms with Gasteiger partial charge in [0.1, 0.15) is 5.69 Å². The normalized spacial score (nSPS) is 9.64. The molecule has 0 aliphatic heterocycles. The lowest BCUT2D eigenvalue weighted by Crippen LogP contribution is -2.23. The van der Waals surface area contributed by atoms with Crippen LogP contribution in [0.15, 0.2) is 12.3 Å². The van der Waals surface area contributed by atoms with Crippen molar-refractivity contribution >= 4 is 5.91 Å². The molecule has 0 saturated heterocycles. The van der Waals surface area contributed by atoms with Gasteiger partial charge in [-0.1, -0.05) is 0 Å². The van der Waals surface area contributed by atoms with Crippen LogP contribution in [0.25, 0.3) is 0 Å². The predicted octanol–water partition coefficient (Wildman–Crippen LogP) is 0.170. The highest BCUT2D eigenvalue weighted by atomic mass is 16.1. The third-order valence-electron chi connectivity index (χ3n) is 1.28. The van der Waals surface area contributed by atoms with Crippen molar-refractivity contribution in [2.75, 3.05) is 6.54 Å². The Morgan fingerprint density at radius 2 is 2.55 bits per heavy atom. The third-order valence-corrected chi connectivity index (χ3v) is 1.28. The molecule has 1 amide bonds. The van der Waals surface area contributed by atoms with Crippen molar-refractivity contribution in [3.8, 4) is 0 Å². The van der Waals surface area contributed by atoms with Gasteiger partial charge in [0.15, 0.2) is 0 Å². The predicted molar refractivity (Wildman–Crippen MR) is 41.2 cm³/mol. The maximum Gasteiger partial charge on any atom is 0.271 e. The van der Waals surface area contributed by atoms with Gasteiger partial charge in [-0.15, -0.1) is 0 Å². The first-order chi connectivity index (χ1) is 5.24. The maximum absolute atomic E-state index is 11.1. The second-order valence-corrected chi connectivity index (χ2v) is 2.23. The number of nitrogens with one attached hydrogen (secondary N) is 1. The molecule has 0 unspecified atom stereocenters. The first kappa shape index (κ1) is 7.78. The molecule has 4 heteroatoms. The van der Waals surface area contributed by atoms with Gasteiger partial charge in [-0.25, -0.2) is 0 Å². The van der Waals surface area contributed by atoms with Gasteiger partial charge in [0.05, 0.1) is 0 Å². The number of nitrogens with zero attached hydrogens (tertiary/aromatic N) is 2. The van der Waals surface area contributed by atoms with Gasteiger partial charge in [0.25, 0.3) is 5.91 Å². The summed E-state index contributed by atoms with van der Waals surface area (Å²) in [5.74, 6) is -0.117. The molecule has 11 heavy (non-hydrogen) atoms. The Kier molecular flexibility index (Phi) is 2.25. The molecule has 60 valence electrons. The molecule has 0 saturated carbocycles. The molecule has 1 aromatic rings. The van der Waals surface area contributed by atoms with E-state index in [4.69, 9.17) is 0 Å². The van der Waals surface area contributed by atoms with E-state index in [2.05, 4.69) is 10.4 Å². The minimum Gasteiger partial charge on any atom is -0.351 e. The monoisotopic (exact) mass is 153 g/mol. The molecule has 0 atom stereocenters. The van der Waals surface area contributed by atoms with E-state index in [0.717, 1.165) is 0 Å². The van der Waals surface area contributed by atoms with Crippen LogP contribution in [0.2, 0.25) is 0 Å². The van der Waals surface area contributed by atoms with Crippen LogP contribution in [0.1, 0.15) is 17.4 Å². The lowest BCUT2D eigenvalue weighted by molar-refractivity contribution is 0.0950. The fourth-order valence-electron chi connectivity index (χ4n) is 0.787. The van der Waals surface area contributed by atoms with Crippen molar-refractivity contribution in [3.05, 3.63) is 18.0 Å². The minimum atomic E-state index is -0.117. The van der Waals surface area contributed by atoms with Crippen LogP contribution in [0.4, 0.5) is 0 Å². The highest BCUT2D eigenvalue weighted by Crippen LogP contribution is 1.92. The molecule has 4 nitrogen and oxygen atoms in total. The van der Waals surface area contributed by atoms with Gasteiger partial charge in [-0.3, -0.25) is 9.48 Å². The SMILES string of the molecule is CCNC(=O)c1ccn(C)n1. The van der Waals surface area contributed by atoms with Gasteiger partial charge in [-0.05, 0) is 13.0 Å². The fraction of sp³-hybridized carbons (Fsp3) is 0.429. The Balaban J connectivity index is 2.69. The third kappa shape index (κ3) is 1.80. The Morgan fingerprint density at radius 3 is 3.00 bits per heavy atom. The molecule has 0 bridgehead atoms. The Morgan fingerprint density at radius 1 is 1.82 bits per heavy atom. The van der Waals surface area contributed by atoms with Gasteiger partial charge < -0.3 is 5.32 Å². The zero-order valence-corrected chi connectivity index (χ0v) is 6.66. The van der Waals surface area contributed by atoms with Crippen LogP contribution in [0.3, 0.4) is 0 Å². The van der Waals surface area contributed by atoms with E-state index in [-0.39, 0.29) is 5.91 Å². The lowest BCUT2D eigenvalue weighted by atomic mass is 10.4. The summed E-state index contributed by atoms with van der Waals surface area (Å²) < 4.78 is 1.60. The average Bonchev–Trinajstić information content (AvgIpc) is 2.36. The van der Waals surface area contributed by atoms with Crippen molar-refractivity contribution in [2.24, 2.45) is 7.05 Å². The van der Waals surface area contributed by atoms with Crippen molar-refractivity contribution in [3.63, 3.8) is 0 Å². The van der Waals surface area contributed by atoms with Crippen molar-refractivity contribution in [1.82, 2.24) is 15.1 Å². The van der Waals surface area contributed by atoms with Gasteiger partial charge in [-0.2, -0.15) is 5.10 Å². The van der Waals surface area contributed by atoms with Crippen LogP contribution >= 0.6 is 0 Å². The Hall–Kier alpha value is -1.32. The summed E-state index contributed by atoms with van der Waals surface area (Å²) in [7, 11) is 1.78. The van der Waals surface area contributed by atoms with Crippen molar-refractivity contribution in [2.45, 2.75) is 6.92 Å². The number of carbonyl (C=O) groups is 1. The molecular weight excluding hydrogens is 142 g/mol. The topological polar surface area (TPSA) is 46.9 Å². The summed E-state index contributed by atoms with van der Waals surface area (Å²) in [6.07, 6.45) is 1.74. The first-order valence-electron chi connectivity index (χ1n) is 3.52. The second kappa shape index (κ2) is 3.18. The summed E-state index contributed by atoms with van der Waals surface area (Å²) >= 11 is 0. The number of rotatable bonds is 2. The molecule has 1 heterocycles. The van der Waals surface area contributed by atoms with E-state index in [1.807, 2.05) is 6.92 Å². The van der Waals surface area contributed by atoms with Crippen LogP contribution in [0.5, 0.6) is 0 Å². The lowest BCUT2D eigenvalue weighted by Gasteiger charge is -1.95. The quantitative estimate of drug-likeness (QED) is 0.658. The molecule has 0 aliphatic rings. The van der Waals surface area contributed by atoms with Crippen molar-refractivity contribution < 1.29 is 4.79 Å². The zero-order valence-electron chi connectivity index (χ0n) is 6.66. The molecule has 0 aliphatic carbocycles. The van der Waals surface area contributed by atoms with E-state index in [9.17, 15) is 4.79 Å². The average molecular weight is 153 g/mol. The minimum absolute atomic E-state index is 0.117. The number of carbonyl (C=O) groups excluding carboxylic acids is 1. The van der Waals surface area contributed by atoms with E-state index >= 15 is 0 Å². The van der Waals surface area contributed by atoms with Gasteiger partial charge in [0.2, 0.25) is 0 Å². The van der Waals surface area contributed by atoms with E-state index in [0.29, 0.717) is 12.2 Å². The van der Waals surface area contributed by atoms with E-state index in [1.54, 1.807) is 24.0 Å². The molecule has 0 radical (unpaired) electrons. The van der Waals surface area contributed by atoms with Crippen LogP contribution in [-0.2, 0) is 7.05 Å². The summed E-state index contributed by atoms with van der Waals surface area (Å²) in [5, 5.41) is 6.59. The summed E-state index contributed by atoms with van der Waals surface area (Å²) in [4.78, 5) is 11.1. The van der Waals surface area contributed by atoms with Crippen LogP contribution in [-0.4, -0.2) is 22.2 Å². The van der Waals surface area contributed by atoms with Gasteiger partial charge in [0, 0.05) is 19.8 Å². The maximum atomic E-state index is 11.1. The van der Waals surface area contributed by atoms with Crippen LogP contribution in [0, 0.1) is 0 Å². The largest absolute Gasteiger partial charge is 0.351 e. The Labute approximate surface area is 65.2 Å². The first-order valence-corrected chi connectivity index (χ1v) is 3.52. The number of aryl methyl sites for hydroxylation is 1. The molecule has 1 rings (SSSR count). The highest BCUT2D eigenvalue weighted by molar-refractivity contribution is 5.92. The molecule has 0 spiro atoms. The number of aromatic nitrogens is 2. The standard InChI is InChI=1S/C7H11N3O/c1-3-8-7(11)6-4-5-10(2)9-6/h4-5H,3H2,1-2H3,(H,8,11). The number of hydrogen-bond acceptors (Lipinski definition) is 2. The summed E-state index contributed by atoms with van der Waals surface area (Å²) in [5.41, 5.74) is 0.467. The molecule has 1 aromatic heterocycles. The van der Waals surface area contributed by atoms with Crippen LogP contribution < -0.4 is 5.32 Å². The molecular formula is C7H11N3O. The zero-order chi connectivity index (χ0) is 8.27. The number of hydrogen-bond donors (Lipinski definition) is 1. The van der Waals surface area contributed by atoms with E-state index in [1.165, 1.54) is 0 Å². The van der Waals surface area contributed by atoms with Gasteiger partial charge >= 0.3 is 0 Å². The summed E-state index contributed by atoms with van der Waals surface area (Å²) in [6.45, 7) is 2.51. The van der Waals surface area contributed by atoms with Crippen molar-refractivity contribution in [1.29, 1.82) is 0 Å². The summed E-state index contributed by atoms with van der Waals surface area (Å²) in [6, 6.07) is 1.69. The van der Waals surface area contributed by atoms with E-state index < -0.39 is 0 Å². The highest BCUT2D eigenvalue weighted by Gasteiger charge is 2.05. The number of amides is 1.